The molecule has 1 aromatic heterocycles. The molecule has 1 heterocycles. The Balaban J connectivity index is 2.09. The van der Waals surface area contributed by atoms with Gasteiger partial charge in [-0.05, 0) is 19.1 Å². The Bertz CT molecular complexity index is 609. The number of amides is 1. The summed E-state index contributed by atoms with van der Waals surface area (Å²) in [7, 11) is 0. The van der Waals surface area contributed by atoms with Gasteiger partial charge in [0.15, 0.2) is 0 Å². The van der Waals surface area contributed by atoms with Crippen LogP contribution in [0.2, 0.25) is 0 Å². The fourth-order valence-electron chi connectivity index (χ4n) is 1.77. The highest BCUT2D eigenvalue weighted by molar-refractivity contribution is 5.93. The van der Waals surface area contributed by atoms with Gasteiger partial charge in [-0.1, -0.05) is 6.07 Å². The van der Waals surface area contributed by atoms with E-state index in [2.05, 4.69) is 5.32 Å². The third-order valence-corrected chi connectivity index (χ3v) is 2.89. The van der Waals surface area contributed by atoms with E-state index in [1.807, 2.05) is 0 Å². The van der Waals surface area contributed by atoms with Gasteiger partial charge in [0.25, 0.3) is 5.91 Å². The molecule has 0 radical (unpaired) electrons. The van der Waals surface area contributed by atoms with Gasteiger partial charge < -0.3 is 14.8 Å². The highest BCUT2D eigenvalue weighted by Gasteiger charge is 2.27. The third-order valence-electron chi connectivity index (χ3n) is 2.89. The van der Waals surface area contributed by atoms with Crippen LogP contribution in [0, 0.1) is 11.6 Å². The average Bonchev–Trinajstić information content (AvgIpc) is 2.89. The van der Waals surface area contributed by atoms with Crippen molar-refractivity contribution < 1.29 is 23.1 Å². The first-order chi connectivity index (χ1) is 9.40. The topological polar surface area (TPSA) is 62.5 Å². The maximum atomic E-state index is 13.6. The minimum atomic E-state index is -1.66. The summed E-state index contributed by atoms with van der Waals surface area (Å²) in [6, 6.07) is 4.34. The highest BCUT2D eigenvalue weighted by atomic mass is 19.1. The smallest absolute Gasteiger partial charge is 0.254 e. The van der Waals surface area contributed by atoms with Gasteiger partial charge in [0, 0.05) is 11.6 Å². The van der Waals surface area contributed by atoms with Crippen molar-refractivity contribution in [2.24, 2.45) is 0 Å². The number of carbonyl (C=O) groups excluding carboxylic acids is 1. The van der Waals surface area contributed by atoms with E-state index >= 15 is 0 Å². The van der Waals surface area contributed by atoms with Crippen LogP contribution in [0.3, 0.4) is 0 Å². The van der Waals surface area contributed by atoms with Gasteiger partial charge >= 0.3 is 0 Å². The molecule has 1 atom stereocenters. The standard InChI is InChI=1S/C14H13F2NO3/c1-14(19,11-3-2-10(15)6-12(11)16)8-17-13(18)9-4-5-20-7-9/h2-7,19H,8H2,1H3,(H,17,18). The van der Waals surface area contributed by atoms with E-state index in [1.165, 1.54) is 25.5 Å². The summed E-state index contributed by atoms with van der Waals surface area (Å²) in [5, 5.41) is 12.7. The van der Waals surface area contributed by atoms with Crippen LogP contribution in [0.15, 0.2) is 41.2 Å². The van der Waals surface area contributed by atoms with E-state index in [0.29, 0.717) is 11.6 Å². The molecule has 0 saturated heterocycles. The predicted octanol–water partition coefficient (Wildman–Crippen LogP) is 2.20. The van der Waals surface area contributed by atoms with E-state index in [1.54, 1.807) is 0 Å². The molecule has 2 N–H and O–H groups in total. The molecule has 1 aromatic carbocycles. The normalized spacial score (nSPS) is 13.8. The number of aliphatic hydroxyl groups is 1. The first kappa shape index (κ1) is 14.2. The van der Waals surface area contributed by atoms with Crippen LogP contribution in [0.5, 0.6) is 0 Å². The molecule has 0 saturated carbocycles. The van der Waals surface area contributed by atoms with Gasteiger partial charge in [0.1, 0.15) is 23.5 Å². The average molecular weight is 281 g/mol. The largest absolute Gasteiger partial charge is 0.472 e. The lowest BCUT2D eigenvalue weighted by molar-refractivity contribution is 0.0494. The lowest BCUT2D eigenvalue weighted by Gasteiger charge is -2.24. The van der Waals surface area contributed by atoms with Crippen LogP contribution < -0.4 is 5.32 Å². The van der Waals surface area contributed by atoms with Crippen LogP contribution in [-0.4, -0.2) is 17.6 Å². The zero-order chi connectivity index (χ0) is 14.8. The van der Waals surface area contributed by atoms with Gasteiger partial charge in [0.05, 0.1) is 18.4 Å². The van der Waals surface area contributed by atoms with E-state index < -0.39 is 23.1 Å². The maximum absolute atomic E-state index is 13.6. The molecule has 1 unspecified atom stereocenters. The summed E-state index contributed by atoms with van der Waals surface area (Å²) in [5.74, 6) is -2.06. The molecule has 0 aliphatic heterocycles. The summed E-state index contributed by atoms with van der Waals surface area (Å²) in [4.78, 5) is 11.7. The Hall–Kier alpha value is -2.21. The van der Waals surface area contributed by atoms with Crippen LogP contribution in [0.1, 0.15) is 22.8 Å². The van der Waals surface area contributed by atoms with Crippen molar-refractivity contribution >= 4 is 5.91 Å². The number of benzene rings is 1. The van der Waals surface area contributed by atoms with Crippen molar-refractivity contribution in [3.63, 3.8) is 0 Å². The molecular formula is C14H13F2NO3. The predicted molar refractivity (Wildman–Crippen MR) is 67.0 cm³/mol. The first-order valence-electron chi connectivity index (χ1n) is 5.88. The van der Waals surface area contributed by atoms with Crippen LogP contribution >= 0.6 is 0 Å². The van der Waals surface area contributed by atoms with Crippen molar-refractivity contribution in [2.45, 2.75) is 12.5 Å². The number of hydrogen-bond acceptors (Lipinski definition) is 3. The molecule has 2 rings (SSSR count). The fourth-order valence-corrected chi connectivity index (χ4v) is 1.77. The number of rotatable bonds is 4. The van der Waals surface area contributed by atoms with E-state index in [9.17, 15) is 18.7 Å². The molecule has 0 fully saturated rings. The zero-order valence-electron chi connectivity index (χ0n) is 10.7. The molecule has 0 aliphatic carbocycles. The number of hydrogen-bond donors (Lipinski definition) is 2. The van der Waals surface area contributed by atoms with Crippen LogP contribution in [0.4, 0.5) is 8.78 Å². The third kappa shape index (κ3) is 3.03. The summed E-state index contributed by atoms with van der Waals surface area (Å²) in [6.07, 6.45) is 2.59. The summed E-state index contributed by atoms with van der Waals surface area (Å²) >= 11 is 0. The lowest BCUT2D eigenvalue weighted by atomic mass is 9.95. The Kier molecular flexibility index (Phi) is 3.85. The minimum Gasteiger partial charge on any atom is -0.472 e. The van der Waals surface area contributed by atoms with Gasteiger partial charge in [0.2, 0.25) is 0 Å². The molecule has 6 heteroatoms. The molecule has 20 heavy (non-hydrogen) atoms. The molecule has 0 aliphatic rings. The van der Waals surface area contributed by atoms with Gasteiger partial charge in [-0.15, -0.1) is 0 Å². The van der Waals surface area contributed by atoms with Crippen molar-refractivity contribution in [1.29, 1.82) is 0 Å². The molecule has 2 aromatic rings. The summed E-state index contributed by atoms with van der Waals surface area (Å²) < 4.78 is 31.2. The molecule has 1 amide bonds. The molecule has 106 valence electrons. The first-order valence-corrected chi connectivity index (χ1v) is 5.88. The molecule has 0 spiro atoms. The Labute approximate surface area is 114 Å². The van der Waals surface area contributed by atoms with E-state index in [4.69, 9.17) is 4.42 Å². The SMILES string of the molecule is CC(O)(CNC(=O)c1ccoc1)c1ccc(F)cc1F. The number of halogens is 2. The Morgan fingerprint density at radius 3 is 2.75 bits per heavy atom. The summed E-state index contributed by atoms with van der Waals surface area (Å²) in [6.45, 7) is 1.11. The maximum Gasteiger partial charge on any atom is 0.254 e. The van der Waals surface area contributed by atoms with Crippen molar-refractivity contribution in [3.05, 3.63) is 59.6 Å². The quantitative estimate of drug-likeness (QED) is 0.903. The second-order valence-electron chi connectivity index (χ2n) is 4.59. The number of carbonyl (C=O) groups is 1. The van der Waals surface area contributed by atoms with E-state index in [-0.39, 0.29) is 12.1 Å². The Morgan fingerprint density at radius 2 is 2.15 bits per heavy atom. The second kappa shape index (κ2) is 5.42. The number of nitrogens with one attached hydrogen (secondary N) is 1. The molecular weight excluding hydrogens is 268 g/mol. The zero-order valence-corrected chi connectivity index (χ0v) is 10.7. The fraction of sp³-hybridized carbons (Fsp3) is 0.214. The van der Waals surface area contributed by atoms with Crippen LogP contribution in [-0.2, 0) is 5.60 Å². The molecule has 0 bridgehead atoms. The van der Waals surface area contributed by atoms with Crippen molar-refractivity contribution in [2.75, 3.05) is 6.54 Å². The van der Waals surface area contributed by atoms with E-state index in [0.717, 1.165) is 12.1 Å². The van der Waals surface area contributed by atoms with Crippen LogP contribution in [0.25, 0.3) is 0 Å². The molecule has 4 nitrogen and oxygen atoms in total. The second-order valence-corrected chi connectivity index (χ2v) is 4.59. The monoisotopic (exact) mass is 281 g/mol. The van der Waals surface area contributed by atoms with Gasteiger partial charge in [-0.3, -0.25) is 4.79 Å². The van der Waals surface area contributed by atoms with Crippen molar-refractivity contribution in [3.8, 4) is 0 Å². The number of furan rings is 1. The van der Waals surface area contributed by atoms with Crippen molar-refractivity contribution in [1.82, 2.24) is 5.32 Å². The minimum absolute atomic E-state index is 0.0913. The summed E-state index contributed by atoms with van der Waals surface area (Å²) in [5.41, 5.74) is -1.45. The Morgan fingerprint density at radius 1 is 1.40 bits per heavy atom. The lowest BCUT2D eigenvalue weighted by Crippen LogP contribution is -2.39. The van der Waals surface area contributed by atoms with Gasteiger partial charge in [-0.25, -0.2) is 8.78 Å². The van der Waals surface area contributed by atoms with Gasteiger partial charge in [-0.2, -0.15) is 0 Å². The highest BCUT2D eigenvalue weighted by Crippen LogP contribution is 2.23.